The number of carboxylic acids is 1. The van der Waals surface area contributed by atoms with Crippen molar-refractivity contribution in [1.29, 1.82) is 0 Å². The Hall–Kier alpha value is -3.67. The van der Waals surface area contributed by atoms with Crippen LogP contribution in [0.5, 0.6) is 5.75 Å². The molecule has 9 N–H and O–H groups in total. The summed E-state index contributed by atoms with van der Waals surface area (Å²) in [6.45, 7) is 3.02. The second kappa shape index (κ2) is 13.8. The van der Waals surface area contributed by atoms with Crippen molar-refractivity contribution in [2.24, 2.45) is 17.4 Å². The largest absolute Gasteiger partial charge is 0.508 e. The first-order valence-corrected chi connectivity index (χ1v) is 10.8. The summed E-state index contributed by atoms with van der Waals surface area (Å²) in [4.78, 5) is 59.9. The van der Waals surface area contributed by atoms with Crippen molar-refractivity contribution in [3.63, 3.8) is 0 Å². The summed E-state index contributed by atoms with van der Waals surface area (Å²) in [5, 5.41) is 25.4. The van der Waals surface area contributed by atoms with E-state index in [1.807, 2.05) is 13.8 Å². The second-order valence-electron chi connectivity index (χ2n) is 8.35. The first-order chi connectivity index (χ1) is 15.9. The Morgan fingerprint density at radius 1 is 0.941 bits per heavy atom. The molecule has 0 spiro atoms. The van der Waals surface area contributed by atoms with Gasteiger partial charge in [-0.25, -0.2) is 0 Å². The molecule has 4 amide bonds. The molecule has 0 heterocycles. The third-order valence-corrected chi connectivity index (χ3v) is 4.80. The van der Waals surface area contributed by atoms with Gasteiger partial charge in [-0.3, -0.25) is 24.0 Å². The van der Waals surface area contributed by atoms with Gasteiger partial charge in [-0.1, -0.05) is 26.0 Å². The van der Waals surface area contributed by atoms with E-state index in [0.29, 0.717) is 5.56 Å². The van der Waals surface area contributed by atoms with E-state index in [2.05, 4.69) is 16.0 Å². The molecular formula is C22H33N5O7. The lowest BCUT2D eigenvalue weighted by Gasteiger charge is -2.24. The van der Waals surface area contributed by atoms with E-state index in [1.54, 1.807) is 12.1 Å². The summed E-state index contributed by atoms with van der Waals surface area (Å²) in [5.41, 5.74) is 11.8. The summed E-state index contributed by atoms with van der Waals surface area (Å²) >= 11 is 0. The van der Waals surface area contributed by atoms with Crippen molar-refractivity contribution in [2.45, 2.75) is 57.7 Å². The Balaban J connectivity index is 2.90. The molecule has 0 bridgehead atoms. The summed E-state index contributed by atoms with van der Waals surface area (Å²) in [6.07, 6.45) is 0.0213. The second-order valence-corrected chi connectivity index (χ2v) is 8.35. The van der Waals surface area contributed by atoms with E-state index >= 15 is 0 Å². The number of amides is 4. The van der Waals surface area contributed by atoms with Crippen LogP contribution in [0.4, 0.5) is 0 Å². The SMILES string of the molecule is CC(C)CC(NC(=O)C(CCC(N)=O)NC(=O)C(N)Cc1ccc(O)cc1)C(=O)NCC(=O)O. The highest BCUT2D eigenvalue weighted by atomic mass is 16.4. The minimum absolute atomic E-state index is 0.0155. The molecule has 0 aromatic heterocycles. The lowest BCUT2D eigenvalue weighted by Crippen LogP contribution is -2.56. The Bertz CT molecular complexity index is 873. The molecule has 3 atom stereocenters. The zero-order valence-electron chi connectivity index (χ0n) is 19.2. The van der Waals surface area contributed by atoms with Crippen LogP contribution < -0.4 is 27.4 Å². The van der Waals surface area contributed by atoms with Crippen LogP contribution in [-0.2, 0) is 30.4 Å². The van der Waals surface area contributed by atoms with Crippen LogP contribution in [0.2, 0.25) is 0 Å². The third-order valence-electron chi connectivity index (χ3n) is 4.80. The van der Waals surface area contributed by atoms with Gasteiger partial charge in [0, 0.05) is 6.42 Å². The van der Waals surface area contributed by atoms with E-state index < -0.39 is 54.3 Å². The van der Waals surface area contributed by atoms with Crippen LogP contribution >= 0.6 is 0 Å². The molecule has 1 aromatic carbocycles. The summed E-state index contributed by atoms with van der Waals surface area (Å²) in [5.74, 6) is -3.95. The van der Waals surface area contributed by atoms with Crippen molar-refractivity contribution < 1.29 is 34.2 Å². The lowest BCUT2D eigenvalue weighted by molar-refractivity contribution is -0.138. The summed E-state index contributed by atoms with van der Waals surface area (Å²) < 4.78 is 0. The molecule has 3 unspecified atom stereocenters. The van der Waals surface area contributed by atoms with Gasteiger partial charge in [0.15, 0.2) is 0 Å². The molecule has 12 heteroatoms. The van der Waals surface area contributed by atoms with Crippen LogP contribution in [0, 0.1) is 5.92 Å². The first-order valence-electron chi connectivity index (χ1n) is 10.8. The maximum absolute atomic E-state index is 12.9. The van der Waals surface area contributed by atoms with Crippen LogP contribution in [0.15, 0.2) is 24.3 Å². The molecule has 0 aliphatic carbocycles. The topological polar surface area (TPSA) is 214 Å². The molecule has 0 saturated heterocycles. The lowest BCUT2D eigenvalue weighted by atomic mass is 10.0. The Kier molecular flexibility index (Phi) is 11.5. The number of carbonyl (C=O) groups excluding carboxylic acids is 4. The maximum Gasteiger partial charge on any atom is 0.322 e. The number of phenolic OH excluding ortho intramolecular Hbond substituents is 1. The molecule has 188 valence electrons. The van der Waals surface area contributed by atoms with E-state index in [1.165, 1.54) is 12.1 Å². The summed E-state index contributed by atoms with van der Waals surface area (Å²) in [7, 11) is 0. The quantitative estimate of drug-likeness (QED) is 0.171. The zero-order valence-corrected chi connectivity index (χ0v) is 19.2. The number of benzene rings is 1. The van der Waals surface area contributed by atoms with Crippen molar-refractivity contribution in [3.8, 4) is 5.75 Å². The molecule has 1 aromatic rings. The van der Waals surface area contributed by atoms with Crippen LogP contribution in [0.1, 0.15) is 38.7 Å². The standard InChI is InChI=1S/C22H33N5O7/c1-12(2)9-17(21(33)25-11-19(30)31)27-22(34)16(7-8-18(24)29)26-20(32)15(23)10-13-3-5-14(28)6-4-13/h3-6,12,15-17,28H,7-11,23H2,1-2H3,(H2,24,29)(H,25,33)(H,26,32)(H,27,34)(H,30,31). The van der Waals surface area contributed by atoms with Gasteiger partial charge in [-0.2, -0.15) is 0 Å². The van der Waals surface area contributed by atoms with Gasteiger partial charge in [0.25, 0.3) is 0 Å². The van der Waals surface area contributed by atoms with Gasteiger partial charge in [-0.15, -0.1) is 0 Å². The highest BCUT2D eigenvalue weighted by molar-refractivity contribution is 5.94. The molecule has 1 rings (SSSR count). The number of aliphatic carboxylic acids is 1. The number of carbonyl (C=O) groups is 5. The smallest absolute Gasteiger partial charge is 0.322 e. The van der Waals surface area contributed by atoms with Crippen LogP contribution in [0.25, 0.3) is 0 Å². The van der Waals surface area contributed by atoms with Crippen LogP contribution in [0.3, 0.4) is 0 Å². The number of hydrogen-bond acceptors (Lipinski definition) is 7. The van der Waals surface area contributed by atoms with Gasteiger partial charge in [0.2, 0.25) is 23.6 Å². The van der Waals surface area contributed by atoms with E-state index in [0.717, 1.165) is 0 Å². The predicted molar refractivity (Wildman–Crippen MR) is 122 cm³/mol. The average Bonchev–Trinajstić information content (AvgIpc) is 2.75. The normalized spacial score (nSPS) is 13.4. The van der Waals surface area contributed by atoms with Crippen molar-refractivity contribution >= 4 is 29.6 Å². The Labute approximate surface area is 197 Å². The number of hydrogen-bond donors (Lipinski definition) is 7. The van der Waals surface area contributed by atoms with Gasteiger partial charge >= 0.3 is 5.97 Å². The molecule has 0 saturated carbocycles. The number of carboxylic acid groups (broad SMARTS) is 1. The molecule has 0 radical (unpaired) electrons. The highest BCUT2D eigenvalue weighted by Crippen LogP contribution is 2.11. The van der Waals surface area contributed by atoms with Crippen molar-refractivity contribution in [1.82, 2.24) is 16.0 Å². The zero-order chi connectivity index (χ0) is 25.8. The number of primary amides is 1. The van der Waals surface area contributed by atoms with E-state index in [4.69, 9.17) is 16.6 Å². The van der Waals surface area contributed by atoms with Gasteiger partial charge in [0.05, 0.1) is 6.04 Å². The predicted octanol–water partition coefficient (Wildman–Crippen LogP) is -1.26. The number of nitrogens with one attached hydrogen (secondary N) is 3. The first kappa shape index (κ1) is 28.4. The van der Waals surface area contributed by atoms with Gasteiger partial charge in [-0.05, 0) is 42.9 Å². The fraction of sp³-hybridized carbons (Fsp3) is 0.500. The highest BCUT2D eigenvalue weighted by Gasteiger charge is 2.29. The number of nitrogens with two attached hydrogens (primary N) is 2. The molecule has 12 nitrogen and oxygen atoms in total. The van der Waals surface area contributed by atoms with E-state index in [-0.39, 0.29) is 37.4 Å². The minimum Gasteiger partial charge on any atom is -0.508 e. The monoisotopic (exact) mass is 479 g/mol. The fourth-order valence-corrected chi connectivity index (χ4v) is 3.07. The molecule has 34 heavy (non-hydrogen) atoms. The minimum atomic E-state index is -1.24. The van der Waals surface area contributed by atoms with Crippen molar-refractivity contribution in [2.75, 3.05) is 6.54 Å². The fourth-order valence-electron chi connectivity index (χ4n) is 3.07. The molecule has 0 aliphatic heterocycles. The van der Waals surface area contributed by atoms with Gasteiger partial charge < -0.3 is 37.6 Å². The molecule has 0 aliphatic rings. The Morgan fingerprint density at radius 2 is 1.53 bits per heavy atom. The number of rotatable bonds is 14. The number of phenols is 1. The number of aromatic hydroxyl groups is 1. The average molecular weight is 480 g/mol. The van der Waals surface area contributed by atoms with Gasteiger partial charge in [0.1, 0.15) is 24.4 Å². The Morgan fingerprint density at radius 3 is 2.06 bits per heavy atom. The maximum atomic E-state index is 12.9. The third kappa shape index (κ3) is 10.8. The summed E-state index contributed by atoms with van der Waals surface area (Å²) in [6, 6.07) is 2.83. The molecule has 0 fully saturated rings. The van der Waals surface area contributed by atoms with E-state index in [9.17, 15) is 29.1 Å². The van der Waals surface area contributed by atoms with Crippen molar-refractivity contribution in [3.05, 3.63) is 29.8 Å². The van der Waals surface area contributed by atoms with Crippen LogP contribution in [-0.4, -0.2) is 64.5 Å². The molecular weight excluding hydrogens is 446 g/mol.